The summed E-state index contributed by atoms with van der Waals surface area (Å²) in [7, 11) is 0. The fraction of sp³-hybridized carbons (Fsp3) is 1.00. The Morgan fingerprint density at radius 3 is 2.22 bits per heavy atom. The van der Waals surface area contributed by atoms with E-state index in [-0.39, 0.29) is 12.5 Å². The predicted octanol–water partition coefficient (Wildman–Crippen LogP) is 0.280. The van der Waals surface area contributed by atoms with Gasteiger partial charge >= 0.3 is 0 Å². The quantitative estimate of drug-likeness (QED) is 0.444. The van der Waals surface area contributed by atoms with Crippen molar-refractivity contribution in [3.63, 3.8) is 0 Å². The van der Waals surface area contributed by atoms with E-state index in [0.29, 0.717) is 0 Å². The van der Waals surface area contributed by atoms with Gasteiger partial charge in [0.15, 0.2) is 0 Å². The van der Waals surface area contributed by atoms with E-state index in [1.54, 1.807) is 13.8 Å². The molecular weight excluding hydrogens is 122 g/mol. The van der Waals surface area contributed by atoms with Crippen molar-refractivity contribution >= 4 is 0 Å². The van der Waals surface area contributed by atoms with E-state index in [2.05, 4.69) is 0 Å². The number of hydrogen-bond acceptors (Lipinski definition) is 3. The molecule has 0 radical (unpaired) electrons. The van der Waals surface area contributed by atoms with Crippen LogP contribution in [0.5, 0.6) is 0 Å². The first-order valence-electron chi connectivity index (χ1n) is 2.84. The van der Waals surface area contributed by atoms with Crippen LogP contribution in [0.15, 0.2) is 0 Å². The smallest absolute Gasteiger partial charge is 0.229 e. The fourth-order valence-corrected chi connectivity index (χ4v) is 0.364. The molecule has 0 aromatic rings. The highest BCUT2D eigenvalue weighted by molar-refractivity contribution is 4.56. The van der Waals surface area contributed by atoms with Crippen LogP contribution in [0.25, 0.3) is 0 Å². The first-order chi connectivity index (χ1) is 4.04. The van der Waals surface area contributed by atoms with Gasteiger partial charge in [0.2, 0.25) is 6.54 Å². The molecule has 0 heterocycles. The summed E-state index contributed by atoms with van der Waals surface area (Å²) in [6.07, 6.45) is -0.806. The predicted molar refractivity (Wildman–Crippen MR) is 32.7 cm³/mol. The molecule has 54 valence electrons. The van der Waals surface area contributed by atoms with Crippen LogP contribution in [-0.4, -0.2) is 22.7 Å². The molecule has 1 atom stereocenters. The normalized spacial score (nSPS) is 13.8. The summed E-state index contributed by atoms with van der Waals surface area (Å²) >= 11 is 0. The second-order valence-corrected chi connectivity index (χ2v) is 2.33. The molecule has 0 spiro atoms. The number of rotatable bonds is 3. The summed E-state index contributed by atoms with van der Waals surface area (Å²) in [5.41, 5.74) is 0. The van der Waals surface area contributed by atoms with E-state index in [0.717, 1.165) is 0 Å². The van der Waals surface area contributed by atoms with Gasteiger partial charge in [-0.2, -0.15) is 0 Å². The van der Waals surface area contributed by atoms with Crippen molar-refractivity contribution in [1.29, 1.82) is 0 Å². The van der Waals surface area contributed by atoms with Crippen LogP contribution in [0, 0.1) is 16.0 Å². The minimum atomic E-state index is -0.806. The van der Waals surface area contributed by atoms with Gasteiger partial charge in [0.1, 0.15) is 6.10 Å². The van der Waals surface area contributed by atoms with Crippen molar-refractivity contribution in [3.05, 3.63) is 10.1 Å². The molecule has 0 aromatic carbocycles. The lowest BCUT2D eigenvalue weighted by Gasteiger charge is -2.07. The van der Waals surface area contributed by atoms with Crippen LogP contribution >= 0.6 is 0 Å². The van der Waals surface area contributed by atoms with Crippen LogP contribution in [-0.2, 0) is 0 Å². The third kappa shape index (κ3) is 3.90. The van der Waals surface area contributed by atoms with Gasteiger partial charge in [0, 0.05) is 4.92 Å². The van der Waals surface area contributed by atoms with Crippen LogP contribution < -0.4 is 0 Å². The molecule has 0 saturated carbocycles. The van der Waals surface area contributed by atoms with E-state index in [9.17, 15) is 10.1 Å². The third-order valence-electron chi connectivity index (χ3n) is 1.11. The van der Waals surface area contributed by atoms with Crippen molar-refractivity contribution in [2.45, 2.75) is 20.0 Å². The minimum Gasteiger partial charge on any atom is -0.386 e. The first kappa shape index (κ1) is 8.36. The highest BCUT2D eigenvalue weighted by atomic mass is 16.6. The Morgan fingerprint density at radius 1 is 1.67 bits per heavy atom. The zero-order valence-corrected chi connectivity index (χ0v) is 5.57. The first-order valence-corrected chi connectivity index (χ1v) is 2.84. The van der Waals surface area contributed by atoms with Crippen molar-refractivity contribution in [2.24, 2.45) is 5.92 Å². The Balaban J connectivity index is 3.50. The van der Waals surface area contributed by atoms with E-state index in [1.165, 1.54) is 0 Å². The van der Waals surface area contributed by atoms with Gasteiger partial charge in [-0.3, -0.25) is 10.1 Å². The van der Waals surface area contributed by atoms with Gasteiger partial charge < -0.3 is 5.11 Å². The molecule has 0 rings (SSSR count). The molecule has 0 amide bonds. The summed E-state index contributed by atoms with van der Waals surface area (Å²) in [4.78, 5) is 9.25. The molecule has 9 heavy (non-hydrogen) atoms. The van der Waals surface area contributed by atoms with Crippen molar-refractivity contribution in [3.8, 4) is 0 Å². The second kappa shape index (κ2) is 3.40. The summed E-state index contributed by atoms with van der Waals surface area (Å²) in [6.45, 7) is 3.14. The lowest BCUT2D eigenvalue weighted by molar-refractivity contribution is -0.492. The van der Waals surface area contributed by atoms with Gasteiger partial charge in [-0.1, -0.05) is 13.8 Å². The highest BCUT2D eigenvalue weighted by Crippen LogP contribution is 1.99. The number of hydrogen-bond donors (Lipinski definition) is 1. The second-order valence-electron chi connectivity index (χ2n) is 2.33. The molecule has 0 aliphatic rings. The average Bonchev–Trinajstić information content (AvgIpc) is 1.63. The molecular formula is C5H11NO3. The Labute approximate surface area is 53.6 Å². The van der Waals surface area contributed by atoms with Crippen LogP contribution in [0.3, 0.4) is 0 Å². The fourth-order valence-electron chi connectivity index (χ4n) is 0.364. The Hall–Kier alpha value is -0.640. The number of aliphatic hydroxyl groups excluding tert-OH is 1. The van der Waals surface area contributed by atoms with E-state index in [1.807, 2.05) is 0 Å². The van der Waals surface area contributed by atoms with Crippen molar-refractivity contribution < 1.29 is 10.0 Å². The maximum Gasteiger partial charge on any atom is 0.229 e. The Bertz CT molecular complexity index is 102. The lowest BCUT2D eigenvalue weighted by Crippen LogP contribution is -2.24. The SMILES string of the molecule is CC(C)C(O)C[N+](=O)[O-]. The van der Waals surface area contributed by atoms with Crippen molar-refractivity contribution in [1.82, 2.24) is 0 Å². The zero-order valence-electron chi connectivity index (χ0n) is 5.57. The third-order valence-corrected chi connectivity index (χ3v) is 1.11. The summed E-state index contributed by atoms with van der Waals surface area (Å²) in [6, 6.07) is 0. The summed E-state index contributed by atoms with van der Waals surface area (Å²) < 4.78 is 0. The number of nitrogens with zero attached hydrogens (tertiary/aromatic N) is 1. The molecule has 0 saturated heterocycles. The van der Waals surface area contributed by atoms with Gasteiger partial charge in [-0.05, 0) is 5.92 Å². The standard InChI is InChI=1S/C5H11NO3/c1-4(2)5(7)3-6(8)9/h4-5,7H,3H2,1-2H3. The minimum absolute atomic E-state index is 0.0320. The van der Waals surface area contributed by atoms with Gasteiger partial charge in [-0.15, -0.1) is 0 Å². The molecule has 0 aliphatic heterocycles. The molecule has 1 N–H and O–H groups in total. The van der Waals surface area contributed by atoms with Gasteiger partial charge in [0.25, 0.3) is 0 Å². The lowest BCUT2D eigenvalue weighted by atomic mass is 10.1. The average molecular weight is 133 g/mol. The van der Waals surface area contributed by atoms with Crippen molar-refractivity contribution in [2.75, 3.05) is 6.54 Å². The van der Waals surface area contributed by atoms with Gasteiger partial charge in [0.05, 0.1) is 0 Å². The molecule has 0 aromatic heterocycles. The van der Waals surface area contributed by atoms with Crippen LogP contribution in [0.2, 0.25) is 0 Å². The van der Waals surface area contributed by atoms with E-state index in [4.69, 9.17) is 5.11 Å². The number of nitro groups is 1. The molecule has 0 fully saturated rings. The molecule has 4 heteroatoms. The van der Waals surface area contributed by atoms with E-state index < -0.39 is 11.0 Å². The van der Waals surface area contributed by atoms with Crippen LogP contribution in [0.4, 0.5) is 0 Å². The van der Waals surface area contributed by atoms with Crippen LogP contribution in [0.1, 0.15) is 13.8 Å². The zero-order chi connectivity index (χ0) is 7.44. The van der Waals surface area contributed by atoms with Gasteiger partial charge in [-0.25, -0.2) is 0 Å². The highest BCUT2D eigenvalue weighted by Gasteiger charge is 2.14. The molecule has 0 aliphatic carbocycles. The number of aliphatic hydroxyl groups is 1. The maximum absolute atomic E-state index is 9.76. The molecule has 1 unspecified atom stereocenters. The van der Waals surface area contributed by atoms with E-state index >= 15 is 0 Å². The molecule has 0 bridgehead atoms. The molecule has 4 nitrogen and oxygen atoms in total. The Kier molecular flexibility index (Phi) is 3.16. The Morgan fingerprint density at radius 2 is 2.11 bits per heavy atom. The topological polar surface area (TPSA) is 63.4 Å². The summed E-state index contributed by atoms with van der Waals surface area (Å²) in [5, 5.41) is 18.6. The monoisotopic (exact) mass is 133 g/mol. The summed E-state index contributed by atoms with van der Waals surface area (Å²) in [5.74, 6) is -0.0320. The largest absolute Gasteiger partial charge is 0.386 e. The maximum atomic E-state index is 9.76.